The van der Waals surface area contributed by atoms with Gasteiger partial charge < -0.3 is 4.57 Å². The van der Waals surface area contributed by atoms with Crippen LogP contribution in [0.25, 0.3) is 106 Å². The lowest BCUT2D eigenvalue weighted by Crippen LogP contribution is -2.00. The zero-order valence-electron chi connectivity index (χ0n) is 31.9. The van der Waals surface area contributed by atoms with E-state index in [1.54, 1.807) is 0 Å². The summed E-state index contributed by atoms with van der Waals surface area (Å²) in [6.07, 6.45) is 0. The lowest BCUT2D eigenvalue weighted by molar-refractivity contribution is 1.07. The normalized spacial score (nSPS) is 11.4. The SMILES string of the molecule is c1ccc(-c2cc(-c3ccccc3)cc(-c3nc(-c4ccccc4)nc(-c4ccc(-c5nc6ccccc6c6c5c5ccccc5n6-c5ccccc5)cc4)n3)c2)cc1. The molecule has 3 aromatic heterocycles. The van der Waals surface area contributed by atoms with Gasteiger partial charge in [-0.05, 0) is 64.7 Å². The highest BCUT2D eigenvalue weighted by Gasteiger charge is 2.21. The summed E-state index contributed by atoms with van der Waals surface area (Å²) in [5, 5.41) is 3.39. The fourth-order valence-electron chi connectivity index (χ4n) is 8.22. The molecular formula is C54H35N5. The molecule has 0 fully saturated rings. The lowest BCUT2D eigenvalue weighted by atomic mass is 9.96. The van der Waals surface area contributed by atoms with Crippen LogP contribution in [0.1, 0.15) is 0 Å². The fourth-order valence-corrected chi connectivity index (χ4v) is 8.22. The molecule has 11 rings (SSSR count). The summed E-state index contributed by atoms with van der Waals surface area (Å²) in [6.45, 7) is 0. The quantitative estimate of drug-likeness (QED) is 0.163. The summed E-state index contributed by atoms with van der Waals surface area (Å²) in [5.74, 6) is 1.83. The van der Waals surface area contributed by atoms with Crippen LogP contribution in [0.5, 0.6) is 0 Å². The van der Waals surface area contributed by atoms with Gasteiger partial charge in [-0.1, -0.05) is 170 Å². The summed E-state index contributed by atoms with van der Waals surface area (Å²) in [7, 11) is 0. The van der Waals surface area contributed by atoms with Crippen molar-refractivity contribution >= 4 is 32.7 Å². The third-order valence-corrected chi connectivity index (χ3v) is 11.0. The first-order chi connectivity index (χ1) is 29.2. The van der Waals surface area contributed by atoms with Gasteiger partial charge in [0.15, 0.2) is 17.5 Å². The molecule has 11 aromatic rings. The number of para-hydroxylation sites is 3. The van der Waals surface area contributed by atoms with Crippen molar-refractivity contribution in [1.82, 2.24) is 24.5 Å². The van der Waals surface area contributed by atoms with Crippen LogP contribution in [0.2, 0.25) is 0 Å². The van der Waals surface area contributed by atoms with E-state index < -0.39 is 0 Å². The molecule has 5 heteroatoms. The first-order valence-corrected chi connectivity index (χ1v) is 19.8. The Morgan fingerprint density at radius 1 is 0.305 bits per heavy atom. The zero-order chi connectivity index (χ0) is 39.1. The molecule has 0 radical (unpaired) electrons. The molecule has 0 saturated heterocycles. The third-order valence-electron chi connectivity index (χ3n) is 11.0. The molecule has 0 amide bonds. The van der Waals surface area contributed by atoms with Gasteiger partial charge in [0.2, 0.25) is 0 Å². The Hall–Kier alpha value is -8.02. The van der Waals surface area contributed by atoms with Gasteiger partial charge in [-0.15, -0.1) is 0 Å². The van der Waals surface area contributed by atoms with Crippen LogP contribution in [0.15, 0.2) is 212 Å². The second-order valence-corrected chi connectivity index (χ2v) is 14.7. The predicted molar refractivity (Wildman–Crippen MR) is 242 cm³/mol. The smallest absolute Gasteiger partial charge is 0.164 e. The van der Waals surface area contributed by atoms with Crippen LogP contribution in [0.3, 0.4) is 0 Å². The Bertz CT molecular complexity index is 3230. The van der Waals surface area contributed by atoms with E-state index >= 15 is 0 Å². The molecule has 0 N–H and O–H groups in total. The van der Waals surface area contributed by atoms with Crippen molar-refractivity contribution in [3.05, 3.63) is 212 Å². The predicted octanol–water partition coefficient (Wildman–Crippen LogP) is 13.5. The number of benzene rings is 8. The van der Waals surface area contributed by atoms with Gasteiger partial charge in [-0.25, -0.2) is 19.9 Å². The number of aromatic nitrogens is 5. The first kappa shape index (κ1) is 34.2. The van der Waals surface area contributed by atoms with Crippen LogP contribution in [-0.4, -0.2) is 24.5 Å². The highest BCUT2D eigenvalue weighted by molar-refractivity contribution is 6.22. The van der Waals surface area contributed by atoms with Crippen LogP contribution < -0.4 is 0 Å². The van der Waals surface area contributed by atoms with Crippen molar-refractivity contribution in [3.8, 4) is 73.4 Å². The molecule has 59 heavy (non-hydrogen) atoms. The molecule has 0 aliphatic heterocycles. The van der Waals surface area contributed by atoms with Crippen molar-refractivity contribution < 1.29 is 0 Å². The topological polar surface area (TPSA) is 56.5 Å². The Labute approximate surface area is 341 Å². The average Bonchev–Trinajstić information content (AvgIpc) is 3.68. The summed E-state index contributed by atoms with van der Waals surface area (Å²) < 4.78 is 2.37. The van der Waals surface area contributed by atoms with Crippen molar-refractivity contribution in [2.45, 2.75) is 0 Å². The minimum atomic E-state index is 0.601. The maximum Gasteiger partial charge on any atom is 0.164 e. The molecule has 0 aliphatic carbocycles. The van der Waals surface area contributed by atoms with Gasteiger partial charge in [-0.2, -0.15) is 0 Å². The largest absolute Gasteiger partial charge is 0.308 e. The fraction of sp³-hybridized carbons (Fsp3) is 0. The van der Waals surface area contributed by atoms with Gasteiger partial charge in [0.05, 0.1) is 22.2 Å². The molecule has 0 bridgehead atoms. The van der Waals surface area contributed by atoms with E-state index in [0.29, 0.717) is 17.5 Å². The molecule has 0 atom stereocenters. The number of nitrogens with zero attached hydrogens (tertiary/aromatic N) is 5. The molecule has 3 heterocycles. The molecule has 0 unspecified atom stereocenters. The van der Waals surface area contributed by atoms with Crippen molar-refractivity contribution in [3.63, 3.8) is 0 Å². The second-order valence-electron chi connectivity index (χ2n) is 14.7. The van der Waals surface area contributed by atoms with E-state index in [4.69, 9.17) is 19.9 Å². The van der Waals surface area contributed by atoms with Crippen molar-refractivity contribution in [1.29, 1.82) is 0 Å². The van der Waals surface area contributed by atoms with E-state index in [1.807, 2.05) is 42.5 Å². The maximum atomic E-state index is 5.35. The summed E-state index contributed by atoms with van der Waals surface area (Å²) in [4.78, 5) is 20.8. The highest BCUT2D eigenvalue weighted by atomic mass is 15.0. The molecule has 0 aliphatic rings. The molecule has 276 valence electrons. The molecule has 0 spiro atoms. The van der Waals surface area contributed by atoms with Gasteiger partial charge in [0, 0.05) is 44.1 Å². The van der Waals surface area contributed by atoms with Crippen LogP contribution in [0.4, 0.5) is 0 Å². The number of fused-ring (bicyclic) bond motifs is 5. The third kappa shape index (κ3) is 6.22. The summed E-state index contributed by atoms with van der Waals surface area (Å²) in [5.41, 5.74) is 13.5. The van der Waals surface area contributed by atoms with Gasteiger partial charge in [-0.3, -0.25) is 0 Å². The van der Waals surface area contributed by atoms with Gasteiger partial charge in [0.1, 0.15) is 0 Å². The molecule has 0 saturated carbocycles. The molecule has 5 nitrogen and oxygen atoms in total. The Morgan fingerprint density at radius 2 is 0.746 bits per heavy atom. The Morgan fingerprint density at radius 3 is 1.36 bits per heavy atom. The van der Waals surface area contributed by atoms with Crippen molar-refractivity contribution in [2.24, 2.45) is 0 Å². The standard InChI is InChI=1S/C54H35N5/c1-5-17-36(18-6-1)41-33-42(37-19-7-2-8-20-37)35-43(34-41)54-57-52(39-21-9-3-10-22-39)56-53(58-54)40-31-29-38(30-32-40)50-49-46-26-14-16-28-48(46)59(44-23-11-4-12-24-44)51(49)45-25-13-15-27-47(45)55-50/h1-35H. The maximum absolute atomic E-state index is 5.35. The Kier molecular flexibility index (Phi) is 8.41. The number of hydrogen-bond acceptors (Lipinski definition) is 4. The minimum Gasteiger partial charge on any atom is -0.308 e. The van der Waals surface area contributed by atoms with Gasteiger partial charge in [0.25, 0.3) is 0 Å². The molecule has 8 aromatic carbocycles. The second kappa shape index (κ2) is 14.5. The van der Waals surface area contributed by atoms with Gasteiger partial charge >= 0.3 is 0 Å². The summed E-state index contributed by atoms with van der Waals surface area (Å²) in [6, 6.07) is 73.8. The van der Waals surface area contributed by atoms with E-state index in [-0.39, 0.29) is 0 Å². The highest BCUT2D eigenvalue weighted by Crippen LogP contribution is 2.41. The zero-order valence-corrected chi connectivity index (χ0v) is 31.9. The van der Waals surface area contributed by atoms with Crippen LogP contribution >= 0.6 is 0 Å². The van der Waals surface area contributed by atoms with E-state index in [1.165, 1.54) is 0 Å². The van der Waals surface area contributed by atoms with E-state index in [9.17, 15) is 0 Å². The molecular weight excluding hydrogens is 719 g/mol. The van der Waals surface area contributed by atoms with E-state index in [2.05, 4.69) is 174 Å². The first-order valence-electron chi connectivity index (χ1n) is 19.8. The Balaban J connectivity index is 1.09. The number of pyridine rings is 1. The average molecular weight is 754 g/mol. The number of rotatable bonds is 7. The minimum absolute atomic E-state index is 0.601. The van der Waals surface area contributed by atoms with Crippen LogP contribution in [-0.2, 0) is 0 Å². The summed E-state index contributed by atoms with van der Waals surface area (Å²) >= 11 is 0. The number of hydrogen-bond donors (Lipinski definition) is 0. The van der Waals surface area contributed by atoms with Crippen LogP contribution in [0, 0.1) is 0 Å². The monoisotopic (exact) mass is 753 g/mol. The lowest BCUT2D eigenvalue weighted by Gasteiger charge is -2.13. The van der Waals surface area contributed by atoms with Crippen molar-refractivity contribution in [2.75, 3.05) is 0 Å². The van der Waals surface area contributed by atoms with E-state index in [0.717, 1.165) is 88.6 Å².